The van der Waals surface area contributed by atoms with Crippen LogP contribution in [-0.4, -0.2) is 41.3 Å². The number of aliphatic hydroxyl groups excluding tert-OH is 1. The molecule has 0 aromatic heterocycles. The van der Waals surface area contributed by atoms with E-state index in [9.17, 15) is 9.90 Å². The molecule has 25 heavy (non-hydrogen) atoms. The summed E-state index contributed by atoms with van der Waals surface area (Å²) < 4.78 is 0. The number of benzene rings is 1. The Bertz CT molecular complexity index is 578. The lowest BCUT2D eigenvalue weighted by atomic mass is 10.1. The number of carbonyl (C=O) groups is 1. The van der Waals surface area contributed by atoms with Gasteiger partial charge in [-0.25, -0.2) is 4.79 Å². The van der Waals surface area contributed by atoms with Crippen LogP contribution < -0.4 is 10.6 Å². The molecule has 1 saturated carbocycles. The summed E-state index contributed by atoms with van der Waals surface area (Å²) >= 11 is 0. The van der Waals surface area contributed by atoms with Gasteiger partial charge in [0.25, 0.3) is 0 Å². The number of hydrogen-bond acceptors (Lipinski definition) is 3. The van der Waals surface area contributed by atoms with Crippen LogP contribution in [0.15, 0.2) is 24.3 Å². The second-order valence-corrected chi connectivity index (χ2v) is 7.56. The summed E-state index contributed by atoms with van der Waals surface area (Å²) in [7, 11) is 0. The van der Waals surface area contributed by atoms with Crippen LogP contribution in [-0.2, 0) is 13.1 Å². The van der Waals surface area contributed by atoms with Gasteiger partial charge in [-0.1, -0.05) is 37.6 Å². The molecule has 0 bridgehead atoms. The number of hydrogen-bond donors (Lipinski definition) is 3. The molecule has 2 amide bonds. The third-order valence-corrected chi connectivity index (χ3v) is 5.82. The summed E-state index contributed by atoms with van der Waals surface area (Å²) in [6.45, 7) is 4.85. The first-order valence-electron chi connectivity index (χ1n) is 9.63. The summed E-state index contributed by atoms with van der Waals surface area (Å²) in [5.41, 5.74) is 2.39. The van der Waals surface area contributed by atoms with E-state index in [1.54, 1.807) is 0 Å². The molecule has 0 radical (unpaired) electrons. The number of amides is 2. The van der Waals surface area contributed by atoms with Crippen molar-refractivity contribution in [2.45, 2.75) is 64.2 Å². The molecule has 1 aliphatic heterocycles. The van der Waals surface area contributed by atoms with Gasteiger partial charge < -0.3 is 15.7 Å². The lowest BCUT2D eigenvalue weighted by molar-refractivity contribution is 0.153. The lowest BCUT2D eigenvalue weighted by Crippen LogP contribution is -2.43. The van der Waals surface area contributed by atoms with Gasteiger partial charge in [-0.05, 0) is 49.3 Å². The van der Waals surface area contributed by atoms with Crippen LogP contribution in [0.2, 0.25) is 0 Å². The largest absolute Gasteiger partial charge is 0.395 e. The van der Waals surface area contributed by atoms with Crippen molar-refractivity contribution >= 4 is 6.03 Å². The van der Waals surface area contributed by atoms with Gasteiger partial charge in [0.15, 0.2) is 0 Å². The average Bonchev–Trinajstić information content (AvgIpc) is 3.23. The molecule has 1 aromatic carbocycles. The number of rotatable bonds is 6. The predicted octanol–water partition coefficient (Wildman–Crippen LogP) is 2.63. The molecule has 3 N–H and O–H groups in total. The van der Waals surface area contributed by atoms with Crippen LogP contribution >= 0.6 is 0 Å². The van der Waals surface area contributed by atoms with Crippen molar-refractivity contribution < 1.29 is 9.90 Å². The maximum absolute atomic E-state index is 12.2. The predicted molar refractivity (Wildman–Crippen MR) is 99.1 cm³/mol. The highest BCUT2D eigenvalue weighted by molar-refractivity contribution is 5.74. The molecule has 0 unspecified atom stereocenters. The van der Waals surface area contributed by atoms with Gasteiger partial charge in [-0.2, -0.15) is 0 Å². The van der Waals surface area contributed by atoms with E-state index >= 15 is 0 Å². The van der Waals surface area contributed by atoms with Crippen molar-refractivity contribution in [3.05, 3.63) is 35.4 Å². The van der Waals surface area contributed by atoms with Gasteiger partial charge in [0.2, 0.25) is 0 Å². The fourth-order valence-corrected chi connectivity index (χ4v) is 4.17. The molecule has 2 aliphatic rings. The normalized spacial score (nSPS) is 26.7. The SMILES string of the molecule is C[C@@H]1CCC[C@@H]1NC(=O)NCc1ccccc1CN1CCC[C@@H]1CO. The van der Waals surface area contributed by atoms with E-state index in [0.29, 0.717) is 18.5 Å². The van der Waals surface area contributed by atoms with Crippen LogP contribution in [0.1, 0.15) is 50.2 Å². The van der Waals surface area contributed by atoms with Crippen LogP contribution in [0, 0.1) is 5.92 Å². The maximum atomic E-state index is 12.2. The zero-order chi connectivity index (χ0) is 17.6. The van der Waals surface area contributed by atoms with Crippen LogP contribution in [0.3, 0.4) is 0 Å². The molecule has 5 nitrogen and oxygen atoms in total. The second kappa shape index (κ2) is 8.68. The van der Waals surface area contributed by atoms with Crippen molar-refractivity contribution in [2.24, 2.45) is 5.92 Å². The minimum atomic E-state index is -0.0667. The highest BCUT2D eigenvalue weighted by Crippen LogP contribution is 2.24. The Morgan fingerprint density at radius 2 is 2.00 bits per heavy atom. The molecule has 1 heterocycles. The lowest BCUT2D eigenvalue weighted by Gasteiger charge is -2.24. The fraction of sp³-hybridized carbons (Fsp3) is 0.650. The zero-order valence-electron chi connectivity index (χ0n) is 15.2. The number of nitrogens with one attached hydrogen (secondary N) is 2. The molecule has 3 atom stereocenters. The van der Waals surface area contributed by atoms with Gasteiger partial charge >= 0.3 is 6.03 Å². The monoisotopic (exact) mass is 345 g/mol. The minimum absolute atomic E-state index is 0.0667. The Morgan fingerprint density at radius 3 is 2.72 bits per heavy atom. The molecule has 1 saturated heterocycles. The second-order valence-electron chi connectivity index (χ2n) is 7.56. The van der Waals surface area contributed by atoms with Crippen molar-refractivity contribution in [2.75, 3.05) is 13.2 Å². The Hall–Kier alpha value is -1.59. The third kappa shape index (κ3) is 4.73. The van der Waals surface area contributed by atoms with Gasteiger partial charge in [0.05, 0.1) is 6.61 Å². The summed E-state index contributed by atoms with van der Waals surface area (Å²) in [5.74, 6) is 0.573. The molecule has 138 valence electrons. The summed E-state index contributed by atoms with van der Waals surface area (Å²) in [6.07, 6.45) is 5.71. The van der Waals surface area contributed by atoms with Gasteiger partial charge in [0.1, 0.15) is 0 Å². The number of urea groups is 1. The van der Waals surface area contributed by atoms with Crippen molar-refractivity contribution in [1.29, 1.82) is 0 Å². The van der Waals surface area contributed by atoms with Crippen molar-refractivity contribution in [3.8, 4) is 0 Å². The maximum Gasteiger partial charge on any atom is 0.315 e. The molecule has 2 fully saturated rings. The van der Waals surface area contributed by atoms with Crippen LogP contribution in [0.5, 0.6) is 0 Å². The number of carbonyl (C=O) groups excluding carboxylic acids is 1. The highest BCUT2D eigenvalue weighted by Gasteiger charge is 2.25. The van der Waals surface area contributed by atoms with Crippen molar-refractivity contribution in [1.82, 2.24) is 15.5 Å². The molecular formula is C20H31N3O2. The Kier molecular flexibility index (Phi) is 6.32. The Labute approximate surface area is 150 Å². The van der Waals surface area contributed by atoms with Crippen LogP contribution in [0.4, 0.5) is 4.79 Å². The molecule has 0 spiro atoms. The minimum Gasteiger partial charge on any atom is -0.395 e. The van der Waals surface area contributed by atoms with E-state index < -0.39 is 0 Å². The highest BCUT2D eigenvalue weighted by atomic mass is 16.3. The first-order chi connectivity index (χ1) is 12.2. The standard InChI is InChI=1S/C20H31N3O2/c1-15-6-4-10-19(15)22-20(25)21-12-16-7-2-3-8-17(16)13-23-11-5-9-18(23)14-24/h2-3,7-8,15,18-19,24H,4-6,9-14H2,1H3,(H2,21,22,25)/t15-,18-,19+/m1/s1. The van der Waals surface area contributed by atoms with Gasteiger partial charge in [-0.3, -0.25) is 4.90 Å². The quantitative estimate of drug-likeness (QED) is 0.743. The summed E-state index contributed by atoms with van der Waals surface area (Å²) in [4.78, 5) is 14.6. The van der Waals surface area contributed by atoms with Gasteiger partial charge in [0, 0.05) is 25.2 Å². The fourth-order valence-electron chi connectivity index (χ4n) is 4.17. The van der Waals surface area contributed by atoms with E-state index in [-0.39, 0.29) is 18.7 Å². The molecule has 1 aliphatic carbocycles. The third-order valence-electron chi connectivity index (χ3n) is 5.82. The van der Waals surface area contributed by atoms with Gasteiger partial charge in [-0.15, -0.1) is 0 Å². The first kappa shape index (κ1) is 18.2. The van der Waals surface area contributed by atoms with Crippen LogP contribution in [0.25, 0.3) is 0 Å². The van der Waals surface area contributed by atoms with E-state index in [4.69, 9.17) is 0 Å². The van der Waals surface area contributed by atoms with E-state index in [1.165, 1.54) is 18.4 Å². The number of nitrogens with zero attached hydrogens (tertiary/aromatic N) is 1. The first-order valence-corrected chi connectivity index (χ1v) is 9.63. The summed E-state index contributed by atoms with van der Waals surface area (Å²) in [6, 6.07) is 8.79. The molecular weight excluding hydrogens is 314 g/mol. The van der Waals surface area contributed by atoms with E-state index in [0.717, 1.165) is 37.9 Å². The van der Waals surface area contributed by atoms with E-state index in [2.05, 4.69) is 34.6 Å². The summed E-state index contributed by atoms with van der Waals surface area (Å²) in [5, 5.41) is 15.6. The number of likely N-dealkylation sites (tertiary alicyclic amines) is 1. The average molecular weight is 345 g/mol. The Balaban J connectivity index is 1.54. The zero-order valence-corrected chi connectivity index (χ0v) is 15.2. The molecule has 1 aromatic rings. The topological polar surface area (TPSA) is 64.6 Å². The van der Waals surface area contributed by atoms with Crippen molar-refractivity contribution in [3.63, 3.8) is 0 Å². The number of aliphatic hydroxyl groups is 1. The smallest absolute Gasteiger partial charge is 0.315 e. The molecule has 5 heteroatoms. The van der Waals surface area contributed by atoms with E-state index in [1.807, 2.05) is 12.1 Å². The molecule has 3 rings (SSSR count). The Morgan fingerprint density at radius 1 is 1.20 bits per heavy atom.